The van der Waals surface area contributed by atoms with E-state index in [0.29, 0.717) is 0 Å². The highest BCUT2D eigenvalue weighted by molar-refractivity contribution is 6.38. The van der Waals surface area contributed by atoms with Gasteiger partial charge < -0.3 is 0 Å². The maximum Gasteiger partial charge on any atom is 0.255 e. The van der Waals surface area contributed by atoms with Crippen LogP contribution < -0.4 is 0 Å². The van der Waals surface area contributed by atoms with E-state index in [2.05, 4.69) is 15.1 Å². The fourth-order valence-corrected chi connectivity index (χ4v) is 2.42. The van der Waals surface area contributed by atoms with Gasteiger partial charge in [0.2, 0.25) is 0 Å². The summed E-state index contributed by atoms with van der Waals surface area (Å²) < 4.78 is 15.3. The largest absolute Gasteiger partial charge is 0.255 e. The van der Waals surface area contributed by atoms with Crippen molar-refractivity contribution < 1.29 is 4.39 Å². The van der Waals surface area contributed by atoms with Crippen LogP contribution in [0.3, 0.4) is 0 Å². The number of rotatable bonds is 1. The first kappa shape index (κ1) is 12.8. The van der Waals surface area contributed by atoms with E-state index >= 15 is 0 Å². The Labute approximate surface area is 122 Å². The van der Waals surface area contributed by atoms with Crippen LogP contribution in [0.4, 0.5) is 4.39 Å². The number of aromatic nitrogens is 4. The second-order valence-corrected chi connectivity index (χ2v) is 4.56. The van der Waals surface area contributed by atoms with E-state index in [4.69, 9.17) is 28.5 Å². The van der Waals surface area contributed by atoms with Crippen LogP contribution in [0.1, 0.15) is 5.56 Å². The summed E-state index contributed by atoms with van der Waals surface area (Å²) in [5.41, 5.74) is 0.547. The lowest BCUT2D eigenvalue weighted by Gasteiger charge is -2.08. The molecular weight excluding hydrogens is 304 g/mol. The van der Waals surface area contributed by atoms with Crippen LogP contribution in [0, 0.1) is 17.1 Å². The van der Waals surface area contributed by atoms with Crippen molar-refractivity contribution in [2.24, 2.45) is 0 Å². The molecule has 3 aromatic rings. The number of halogens is 3. The van der Waals surface area contributed by atoms with Crippen molar-refractivity contribution in [3.63, 3.8) is 0 Å². The van der Waals surface area contributed by atoms with Gasteiger partial charge in [-0.25, -0.2) is 4.39 Å². The van der Waals surface area contributed by atoms with Gasteiger partial charge in [0.1, 0.15) is 22.5 Å². The van der Waals surface area contributed by atoms with Crippen LogP contribution in [0.15, 0.2) is 24.5 Å². The van der Waals surface area contributed by atoms with E-state index in [9.17, 15) is 4.39 Å². The molecule has 0 aliphatic heterocycles. The highest BCUT2D eigenvalue weighted by Gasteiger charge is 2.18. The van der Waals surface area contributed by atoms with Crippen molar-refractivity contribution in [1.29, 1.82) is 5.26 Å². The fourth-order valence-electron chi connectivity index (χ4n) is 1.79. The monoisotopic (exact) mass is 307 g/mol. The number of hydrogen-bond donors (Lipinski definition) is 0. The smallest absolute Gasteiger partial charge is 0.206 e. The van der Waals surface area contributed by atoms with E-state index in [1.54, 1.807) is 0 Å². The number of nitrogens with zero attached hydrogens (tertiary/aromatic N) is 5. The van der Waals surface area contributed by atoms with Gasteiger partial charge in [-0.2, -0.15) is 24.8 Å². The Kier molecular flexibility index (Phi) is 3.01. The van der Waals surface area contributed by atoms with Gasteiger partial charge >= 0.3 is 0 Å². The van der Waals surface area contributed by atoms with Gasteiger partial charge in [0, 0.05) is 5.56 Å². The van der Waals surface area contributed by atoms with Crippen molar-refractivity contribution in [1.82, 2.24) is 19.6 Å². The Morgan fingerprint density at radius 3 is 2.80 bits per heavy atom. The number of hydrogen-bond acceptors (Lipinski definition) is 4. The minimum absolute atomic E-state index is 0.0131. The van der Waals surface area contributed by atoms with Gasteiger partial charge in [0.05, 0.1) is 17.2 Å². The lowest BCUT2D eigenvalue weighted by molar-refractivity contribution is 0.630. The topological polar surface area (TPSA) is 66.9 Å². The van der Waals surface area contributed by atoms with Crippen molar-refractivity contribution in [2.75, 3.05) is 0 Å². The standard InChI is InChI=1S/C12H4Cl2FN5/c13-10-9(7-2-1-6(4-16)3-8(7)15)11(14)20-12(19-10)17-5-18-20/h1-3,5H. The summed E-state index contributed by atoms with van der Waals surface area (Å²) in [6.45, 7) is 0. The normalized spacial score (nSPS) is 10.7. The van der Waals surface area contributed by atoms with Crippen molar-refractivity contribution >= 4 is 29.0 Å². The lowest BCUT2D eigenvalue weighted by atomic mass is 10.1. The molecule has 0 spiro atoms. The molecule has 20 heavy (non-hydrogen) atoms. The molecule has 0 N–H and O–H groups in total. The number of fused-ring (bicyclic) bond motifs is 1. The van der Waals surface area contributed by atoms with E-state index in [1.165, 1.54) is 23.0 Å². The Balaban J connectivity index is 2.32. The SMILES string of the molecule is N#Cc1ccc(-c2c(Cl)nc3ncnn3c2Cl)c(F)c1. The third-order valence-corrected chi connectivity index (χ3v) is 3.32. The first-order valence-electron chi connectivity index (χ1n) is 5.36. The highest BCUT2D eigenvalue weighted by atomic mass is 35.5. The summed E-state index contributed by atoms with van der Waals surface area (Å²) in [7, 11) is 0. The summed E-state index contributed by atoms with van der Waals surface area (Å²) in [5.74, 6) is -0.396. The van der Waals surface area contributed by atoms with Crippen LogP contribution in [-0.2, 0) is 0 Å². The molecule has 0 radical (unpaired) electrons. The van der Waals surface area contributed by atoms with Gasteiger partial charge in [0.15, 0.2) is 0 Å². The molecule has 2 aromatic heterocycles. The molecule has 1 aromatic carbocycles. The molecular formula is C12H4Cl2FN5. The summed E-state index contributed by atoms with van der Waals surface area (Å²) in [6.07, 6.45) is 1.27. The van der Waals surface area contributed by atoms with E-state index in [0.717, 1.165) is 6.07 Å². The minimum atomic E-state index is -0.617. The third kappa shape index (κ3) is 1.88. The Morgan fingerprint density at radius 2 is 2.10 bits per heavy atom. The van der Waals surface area contributed by atoms with Crippen LogP contribution in [0.2, 0.25) is 10.3 Å². The van der Waals surface area contributed by atoms with Gasteiger partial charge in [-0.15, -0.1) is 0 Å². The summed E-state index contributed by atoms with van der Waals surface area (Å²) in [5, 5.41) is 12.7. The van der Waals surface area contributed by atoms with Crippen LogP contribution in [-0.4, -0.2) is 19.6 Å². The molecule has 0 amide bonds. The predicted octanol–water partition coefficient (Wildman–Crippen LogP) is 3.11. The maximum absolute atomic E-state index is 14.1. The molecule has 0 bridgehead atoms. The van der Waals surface area contributed by atoms with Crippen molar-refractivity contribution in [3.8, 4) is 17.2 Å². The summed E-state index contributed by atoms with van der Waals surface area (Å²) >= 11 is 12.2. The van der Waals surface area contributed by atoms with Crippen LogP contribution in [0.5, 0.6) is 0 Å². The summed E-state index contributed by atoms with van der Waals surface area (Å²) in [4.78, 5) is 7.86. The fraction of sp³-hybridized carbons (Fsp3) is 0. The molecule has 0 saturated heterocycles. The minimum Gasteiger partial charge on any atom is -0.206 e. The number of nitriles is 1. The molecule has 3 rings (SSSR count). The first-order valence-corrected chi connectivity index (χ1v) is 6.12. The zero-order valence-electron chi connectivity index (χ0n) is 9.68. The first-order chi connectivity index (χ1) is 9.61. The Bertz CT molecular complexity index is 868. The van der Waals surface area contributed by atoms with Gasteiger partial charge in [-0.1, -0.05) is 23.2 Å². The molecule has 2 heterocycles. The molecule has 8 heteroatoms. The average molecular weight is 308 g/mol. The van der Waals surface area contributed by atoms with E-state index in [-0.39, 0.29) is 32.8 Å². The highest BCUT2D eigenvalue weighted by Crippen LogP contribution is 2.35. The average Bonchev–Trinajstić information content (AvgIpc) is 2.88. The molecule has 0 aliphatic carbocycles. The molecule has 98 valence electrons. The zero-order chi connectivity index (χ0) is 14.3. The molecule has 0 fully saturated rings. The molecule has 0 saturated carbocycles. The zero-order valence-corrected chi connectivity index (χ0v) is 11.2. The third-order valence-electron chi connectivity index (χ3n) is 2.69. The van der Waals surface area contributed by atoms with Gasteiger partial charge in [-0.05, 0) is 18.2 Å². The van der Waals surface area contributed by atoms with Crippen LogP contribution in [0.25, 0.3) is 16.9 Å². The van der Waals surface area contributed by atoms with Crippen LogP contribution >= 0.6 is 23.2 Å². The van der Waals surface area contributed by atoms with Crippen molar-refractivity contribution in [2.45, 2.75) is 0 Å². The molecule has 0 unspecified atom stereocenters. The van der Waals surface area contributed by atoms with Gasteiger partial charge in [0.25, 0.3) is 5.78 Å². The molecule has 0 aliphatic rings. The lowest BCUT2D eigenvalue weighted by Crippen LogP contribution is -1.99. The molecule has 5 nitrogen and oxygen atoms in total. The summed E-state index contributed by atoms with van der Waals surface area (Å²) in [6, 6.07) is 5.85. The Morgan fingerprint density at radius 1 is 1.30 bits per heavy atom. The second kappa shape index (κ2) is 4.71. The van der Waals surface area contributed by atoms with E-state index < -0.39 is 5.82 Å². The van der Waals surface area contributed by atoms with E-state index in [1.807, 2.05) is 6.07 Å². The molecule has 0 atom stereocenters. The maximum atomic E-state index is 14.1. The number of benzene rings is 1. The predicted molar refractivity (Wildman–Crippen MR) is 70.9 cm³/mol. The second-order valence-electron chi connectivity index (χ2n) is 3.85. The quantitative estimate of drug-likeness (QED) is 0.648. The Hall–Kier alpha value is -2.23. The van der Waals surface area contributed by atoms with Crippen molar-refractivity contribution in [3.05, 3.63) is 46.2 Å². The van der Waals surface area contributed by atoms with Gasteiger partial charge in [-0.3, -0.25) is 0 Å².